The normalized spacial score (nSPS) is 16.3. The number of alkyl halides is 3. The summed E-state index contributed by atoms with van der Waals surface area (Å²) in [5.74, 6) is -0.201. The lowest BCUT2D eigenvalue weighted by atomic mass is 10.0. The molecule has 1 amide bonds. The van der Waals surface area contributed by atoms with Gasteiger partial charge in [-0.2, -0.15) is 13.2 Å². The van der Waals surface area contributed by atoms with Gasteiger partial charge >= 0.3 is 6.18 Å². The Labute approximate surface area is 108 Å². The third-order valence-corrected chi connectivity index (χ3v) is 3.05. The van der Waals surface area contributed by atoms with Crippen molar-refractivity contribution in [2.45, 2.75) is 25.1 Å². The molecule has 1 saturated heterocycles. The minimum Gasteiger partial charge on any atom is -0.389 e. The summed E-state index contributed by atoms with van der Waals surface area (Å²) in [7, 11) is 0. The number of likely N-dealkylation sites (tertiary alicyclic amines) is 1. The van der Waals surface area contributed by atoms with Crippen LogP contribution in [-0.4, -0.2) is 41.3 Å². The van der Waals surface area contributed by atoms with Crippen molar-refractivity contribution < 1.29 is 23.1 Å². The van der Waals surface area contributed by atoms with E-state index in [1.807, 2.05) is 0 Å². The quantitative estimate of drug-likeness (QED) is 0.915. The number of aliphatic hydroxyl groups excluding tert-OH is 1. The first kappa shape index (κ1) is 13.9. The Bertz CT molecular complexity index is 450. The van der Waals surface area contributed by atoms with Crippen LogP contribution in [0.5, 0.6) is 0 Å². The Morgan fingerprint density at radius 3 is 2.32 bits per heavy atom. The number of carbonyl (C=O) groups is 1. The molecule has 0 atom stereocenters. The van der Waals surface area contributed by atoms with Gasteiger partial charge in [-0.1, -0.05) is 12.1 Å². The van der Waals surface area contributed by atoms with Crippen LogP contribution in [0, 0.1) is 0 Å². The molecule has 1 aliphatic rings. The van der Waals surface area contributed by atoms with Crippen molar-refractivity contribution >= 4 is 5.91 Å². The number of nitrogens with zero attached hydrogens (tertiary/aromatic N) is 1. The fraction of sp³-hybridized carbons (Fsp3) is 0.462. The monoisotopic (exact) mass is 273 g/mol. The van der Waals surface area contributed by atoms with Gasteiger partial charge in [-0.05, 0) is 24.1 Å². The largest absolute Gasteiger partial charge is 0.389 e. The number of hydrogen-bond donors (Lipinski definition) is 1. The highest BCUT2D eigenvalue weighted by Gasteiger charge is 2.29. The lowest BCUT2D eigenvalue weighted by molar-refractivity contribution is -0.134. The van der Waals surface area contributed by atoms with Gasteiger partial charge in [-0.3, -0.25) is 4.79 Å². The second kappa shape index (κ2) is 5.21. The van der Waals surface area contributed by atoms with Gasteiger partial charge in [0.1, 0.15) is 0 Å². The van der Waals surface area contributed by atoms with E-state index in [1.54, 1.807) is 0 Å². The topological polar surface area (TPSA) is 40.5 Å². The van der Waals surface area contributed by atoms with Gasteiger partial charge in [-0.15, -0.1) is 0 Å². The first-order valence-electron chi connectivity index (χ1n) is 5.98. The molecule has 0 unspecified atom stereocenters. The Morgan fingerprint density at radius 1 is 1.26 bits per heavy atom. The SMILES string of the molecule is O=C(c1ccc(CCC(F)(F)F)cc1)N1CC(O)C1. The molecule has 1 heterocycles. The van der Waals surface area contributed by atoms with Crippen molar-refractivity contribution in [3.05, 3.63) is 35.4 Å². The maximum absolute atomic E-state index is 12.1. The van der Waals surface area contributed by atoms with Gasteiger partial charge in [0.15, 0.2) is 0 Å². The standard InChI is InChI=1S/C13H14F3NO2/c14-13(15,16)6-5-9-1-3-10(4-2-9)12(19)17-7-11(18)8-17/h1-4,11,18H,5-8H2. The zero-order chi connectivity index (χ0) is 14.0. The number of rotatable bonds is 3. The smallest absolute Gasteiger partial charge is 0.389 e. The zero-order valence-corrected chi connectivity index (χ0v) is 10.2. The van der Waals surface area contributed by atoms with Crippen LogP contribution in [0.4, 0.5) is 13.2 Å². The number of amides is 1. The highest BCUT2D eigenvalue weighted by molar-refractivity contribution is 5.94. The summed E-state index contributed by atoms with van der Waals surface area (Å²) >= 11 is 0. The first-order valence-corrected chi connectivity index (χ1v) is 5.98. The van der Waals surface area contributed by atoms with Crippen LogP contribution in [0.3, 0.4) is 0 Å². The number of carbonyl (C=O) groups excluding carboxylic acids is 1. The molecular formula is C13H14F3NO2. The molecule has 0 spiro atoms. The molecule has 1 fully saturated rings. The van der Waals surface area contributed by atoms with Crippen molar-refractivity contribution in [3.63, 3.8) is 0 Å². The average Bonchev–Trinajstić information content (AvgIpc) is 2.31. The van der Waals surface area contributed by atoms with Crippen molar-refractivity contribution in [2.75, 3.05) is 13.1 Å². The van der Waals surface area contributed by atoms with Crippen LogP contribution in [0.25, 0.3) is 0 Å². The van der Waals surface area contributed by atoms with Crippen molar-refractivity contribution in [1.82, 2.24) is 4.90 Å². The third kappa shape index (κ3) is 3.70. The third-order valence-electron chi connectivity index (χ3n) is 3.05. The fourth-order valence-corrected chi connectivity index (χ4v) is 1.90. The molecule has 0 saturated carbocycles. The van der Waals surface area contributed by atoms with Crippen LogP contribution in [0.2, 0.25) is 0 Å². The minimum absolute atomic E-state index is 0.0829. The van der Waals surface area contributed by atoms with Gasteiger partial charge in [0.2, 0.25) is 0 Å². The maximum Gasteiger partial charge on any atom is 0.389 e. The van der Waals surface area contributed by atoms with Gasteiger partial charge in [-0.25, -0.2) is 0 Å². The van der Waals surface area contributed by atoms with E-state index in [1.165, 1.54) is 29.2 Å². The second-order valence-electron chi connectivity index (χ2n) is 4.68. The fourth-order valence-electron chi connectivity index (χ4n) is 1.90. The molecule has 1 aromatic rings. The van der Waals surface area contributed by atoms with E-state index >= 15 is 0 Å². The van der Waals surface area contributed by atoms with Crippen LogP contribution in [0.1, 0.15) is 22.3 Å². The summed E-state index contributed by atoms with van der Waals surface area (Å²) in [6.45, 7) is 0.628. The zero-order valence-electron chi connectivity index (χ0n) is 10.2. The van der Waals surface area contributed by atoms with E-state index < -0.39 is 18.7 Å². The Balaban J connectivity index is 1.93. The summed E-state index contributed by atoms with van der Waals surface area (Å²) in [4.78, 5) is 13.3. The molecule has 0 aromatic heterocycles. The molecular weight excluding hydrogens is 259 g/mol. The number of hydrogen-bond acceptors (Lipinski definition) is 2. The lowest BCUT2D eigenvalue weighted by Gasteiger charge is -2.35. The molecule has 6 heteroatoms. The van der Waals surface area contributed by atoms with Gasteiger partial charge in [0, 0.05) is 25.1 Å². The minimum atomic E-state index is -4.16. The summed E-state index contributed by atoms with van der Waals surface area (Å²) < 4.78 is 36.2. The van der Waals surface area contributed by atoms with E-state index in [4.69, 9.17) is 5.11 Å². The summed E-state index contributed by atoms with van der Waals surface area (Å²) in [5.41, 5.74) is 0.986. The highest BCUT2D eigenvalue weighted by Crippen LogP contribution is 2.22. The van der Waals surface area contributed by atoms with E-state index in [2.05, 4.69) is 0 Å². The number of β-amino-alcohol motifs (C(OH)–C–C–N with tert-alkyl or cyclic N) is 1. The van der Waals surface area contributed by atoms with E-state index in [9.17, 15) is 18.0 Å². The number of aryl methyl sites for hydroxylation is 1. The number of halogens is 3. The second-order valence-corrected chi connectivity index (χ2v) is 4.68. The Kier molecular flexibility index (Phi) is 3.80. The van der Waals surface area contributed by atoms with Gasteiger partial charge in [0.05, 0.1) is 6.10 Å². The lowest BCUT2D eigenvalue weighted by Crippen LogP contribution is -2.53. The van der Waals surface area contributed by atoms with Crippen molar-refractivity contribution in [1.29, 1.82) is 0 Å². The predicted molar refractivity (Wildman–Crippen MR) is 62.7 cm³/mol. The van der Waals surface area contributed by atoms with Crippen molar-refractivity contribution in [3.8, 4) is 0 Å². The molecule has 2 rings (SSSR count). The average molecular weight is 273 g/mol. The molecule has 3 nitrogen and oxygen atoms in total. The van der Waals surface area contributed by atoms with E-state index in [0.29, 0.717) is 24.2 Å². The number of aliphatic hydroxyl groups is 1. The predicted octanol–water partition coefficient (Wildman–Crippen LogP) is 2.00. The maximum atomic E-state index is 12.1. The highest BCUT2D eigenvalue weighted by atomic mass is 19.4. The summed E-state index contributed by atoms with van der Waals surface area (Å²) in [6.07, 6.45) is -5.57. The molecule has 104 valence electrons. The van der Waals surface area contributed by atoms with Crippen LogP contribution in [-0.2, 0) is 6.42 Å². The van der Waals surface area contributed by atoms with Gasteiger partial charge < -0.3 is 10.0 Å². The van der Waals surface area contributed by atoms with E-state index in [0.717, 1.165) is 0 Å². The number of benzene rings is 1. The molecule has 1 N–H and O–H groups in total. The molecule has 0 bridgehead atoms. The molecule has 1 aliphatic heterocycles. The van der Waals surface area contributed by atoms with Gasteiger partial charge in [0.25, 0.3) is 5.91 Å². The van der Waals surface area contributed by atoms with Crippen LogP contribution in [0.15, 0.2) is 24.3 Å². The molecule has 0 aliphatic carbocycles. The van der Waals surface area contributed by atoms with Crippen LogP contribution >= 0.6 is 0 Å². The van der Waals surface area contributed by atoms with Crippen molar-refractivity contribution in [2.24, 2.45) is 0 Å². The molecule has 0 radical (unpaired) electrons. The molecule has 19 heavy (non-hydrogen) atoms. The molecule has 1 aromatic carbocycles. The summed E-state index contributed by atoms with van der Waals surface area (Å²) in [5, 5.41) is 9.10. The Hall–Kier alpha value is -1.56. The Morgan fingerprint density at radius 2 is 1.84 bits per heavy atom. The van der Waals surface area contributed by atoms with E-state index in [-0.39, 0.29) is 12.3 Å². The first-order chi connectivity index (χ1) is 8.85. The summed E-state index contributed by atoms with van der Waals surface area (Å²) in [6, 6.07) is 6.13. The van der Waals surface area contributed by atoms with Crippen LogP contribution < -0.4 is 0 Å².